The summed E-state index contributed by atoms with van der Waals surface area (Å²) in [5, 5.41) is 4.59. The van der Waals surface area contributed by atoms with Crippen molar-refractivity contribution >= 4 is 23.4 Å². The monoisotopic (exact) mass is 305 g/mol. The molecule has 1 aromatic heterocycles. The lowest BCUT2D eigenvalue weighted by atomic mass is 9.93. The SMILES string of the molecule is Nc1cc(C2CCN(C(=O)c3ccc(Cl)cc3)CC2)no1. The molecule has 2 heterocycles. The van der Waals surface area contributed by atoms with Crippen molar-refractivity contribution < 1.29 is 9.32 Å². The van der Waals surface area contributed by atoms with Crippen LogP contribution in [-0.4, -0.2) is 29.1 Å². The largest absolute Gasteiger partial charge is 0.368 e. The number of nitrogen functional groups attached to an aromatic ring is 1. The zero-order valence-electron chi connectivity index (χ0n) is 11.5. The fourth-order valence-corrected chi connectivity index (χ4v) is 2.78. The van der Waals surface area contributed by atoms with Crippen molar-refractivity contribution in [2.75, 3.05) is 18.8 Å². The summed E-state index contributed by atoms with van der Waals surface area (Å²) in [7, 11) is 0. The predicted octanol–water partition coefficient (Wildman–Crippen LogP) is 2.93. The first kappa shape index (κ1) is 13.9. The van der Waals surface area contributed by atoms with Gasteiger partial charge in [-0.05, 0) is 37.1 Å². The fraction of sp³-hybridized carbons (Fsp3) is 0.333. The van der Waals surface area contributed by atoms with Gasteiger partial charge in [0.15, 0.2) is 0 Å². The van der Waals surface area contributed by atoms with Crippen molar-refractivity contribution in [3.63, 3.8) is 0 Å². The summed E-state index contributed by atoms with van der Waals surface area (Å²) in [6.45, 7) is 1.41. The Bertz CT molecular complexity index is 631. The zero-order chi connectivity index (χ0) is 14.8. The molecule has 21 heavy (non-hydrogen) atoms. The number of carbonyl (C=O) groups excluding carboxylic acids is 1. The molecule has 0 aliphatic carbocycles. The van der Waals surface area contributed by atoms with E-state index in [9.17, 15) is 4.79 Å². The van der Waals surface area contributed by atoms with Crippen LogP contribution in [0.4, 0.5) is 5.88 Å². The number of rotatable bonds is 2. The van der Waals surface area contributed by atoms with E-state index in [-0.39, 0.29) is 5.91 Å². The number of likely N-dealkylation sites (tertiary alicyclic amines) is 1. The van der Waals surface area contributed by atoms with Crippen molar-refractivity contribution in [1.82, 2.24) is 10.1 Å². The number of aromatic nitrogens is 1. The first-order valence-electron chi connectivity index (χ1n) is 6.90. The van der Waals surface area contributed by atoms with Gasteiger partial charge in [0, 0.05) is 35.7 Å². The van der Waals surface area contributed by atoms with E-state index in [1.54, 1.807) is 30.3 Å². The topological polar surface area (TPSA) is 72.4 Å². The normalized spacial score (nSPS) is 16.1. The summed E-state index contributed by atoms with van der Waals surface area (Å²) in [6.07, 6.45) is 1.73. The lowest BCUT2D eigenvalue weighted by molar-refractivity contribution is 0.0711. The Labute approximate surface area is 127 Å². The van der Waals surface area contributed by atoms with E-state index < -0.39 is 0 Å². The van der Waals surface area contributed by atoms with Crippen LogP contribution in [0.3, 0.4) is 0 Å². The second-order valence-electron chi connectivity index (χ2n) is 5.23. The third-order valence-electron chi connectivity index (χ3n) is 3.84. The Morgan fingerprint density at radius 3 is 2.52 bits per heavy atom. The highest BCUT2D eigenvalue weighted by Gasteiger charge is 2.26. The third-order valence-corrected chi connectivity index (χ3v) is 4.09. The van der Waals surface area contributed by atoms with Crippen LogP contribution in [0.15, 0.2) is 34.9 Å². The van der Waals surface area contributed by atoms with E-state index in [4.69, 9.17) is 21.9 Å². The molecule has 5 nitrogen and oxygen atoms in total. The molecule has 1 aliphatic rings. The van der Waals surface area contributed by atoms with Gasteiger partial charge in [0.1, 0.15) is 0 Å². The van der Waals surface area contributed by atoms with Crippen LogP contribution >= 0.6 is 11.6 Å². The lowest BCUT2D eigenvalue weighted by Gasteiger charge is -2.31. The van der Waals surface area contributed by atoms with Crippen molar-refractivity contribution in [2.24, 2.45) is 0 Å². The molecular weight excluding hydrogens is 290 g/mol. The molecule has 0 atom stereocenters. The van der Waals surface area contributed by atoms with Gasteiger partial charge >= 0.3 is 0 Å². The van der Waals surface area contributed by atoms with Crippen molar-refractivity contribution in [3.05, 3.63) is 46.6 Å². The molecule has 3 rings (SSSR count). The van der Waals surface area contributed by atoms with E-state index >= 15 is 0 Å². The van der Waals surface area contributed by atoms with E-state index in [2.05, 4.69) is 5.16 Å². The zero-order valence-corrected chi connectivity index (χ0v) is 12.2. The Balaban J connectivity index is 1.63. The maximum atomic E-state index is 12.4. The molecule has 1 fully saturated rings. The standard InChI is InChI=1S/C15H16ClN3O2/c16-12-3-1-11(2-4-12)15(20)19-7-5-10(6-8-19)13-9-14(17)21-18-13/h1-4,9-10H,5-8,17H2. The van der Waals surface area contributed by atoms with E-state index in [1.807, 2.05) is 4.90 Å². The van der Waals surface area contributed by atoms with E-state index in [0.717, 1.165) is 18.5 Å². The number of nitrogens with zero attached hydrogens (tertiary/aromatic N) is 2. The third kappa shape index (κ3) is 3.03. The Kier molecular flexibility index (Phi) is 3.84. The lowest BCUT2D eigenvalue weighted by Crippen LogP contribution is -2.37. The van der Waals surface area contributed by atoms with E-state index in [1.165, 1.54) is 0 Å². The Hall–Kier alpha value is -2.01. The molecule has 6 heteroatoms. The van der Waals surface area contributed by atoms with Gasteiger partial charge in [0.2, 0.25) is 5.88 Å². The van der Waals surface area contributed by atoms with Crippen molar-refractivity contribution in [3.8, 4) is 0 Å². The van der Waals surface area contributed by atoms with Gasteiger partial charge < -0.3 is 15.2 Å². The molecule has 1 amide bonds. The summed E-state index contributed by atoms with van der Waals surface area (Å²) in [6, 6.07) is 8.75. The minimum atomic E-state index is 0.0461. The van der Waals surface area contributed by atoms with Crippen LogP contribution in [0, 0.1) is 0 Å². The number of amides is 1. The molecular formula is C15H16ClN3O2. The smallest absolute Gasteiger partial charge is 0.253 e. The van der Waals surface area contributed by atoms with Gasteiger partial charge in [-0.2, -0.15) is 0 Å². The van der Waals surface area contributed by atoms with Gasteiger partial charge in [-0.25, -0.2) is 0 Å². The summed E-state index contributed by atoms with van der Waals surface area (Å²) >= 11 is 5.84. The highest BCUT2D eigenvalue weighted by molar-refractivity contribution is 6.30. The average Bonchev–Trinajstić information content (AvgIpc) is 2.94. The summed E-state index contributed by atoms with van der Waals surface area (Å²) in [5.74, 6) is 0.690. The Morgan fingerprint density at radius 1 is 1.29 bits per heavy atom. The maximum Gasteiger partial charge on any atom is 0.253 e. The molecule has 0 unspecified atom stereocenters. The first-order chi connectivity index (χ1) is 10.1. The molecule has 2 aromatic rings. The van der Waals surface area contributed by atoms with Gasteiger partial charge in [-0.1, -0.05) is 16.8 Å². The van der Waals surface area contributed by atoms with Gasteiger partial charge in [0.05, 0.1) is 5.69 Å². The molecule has 0 bridgehead atoms. The number of piperidine rings is 1. The van der Waals surface area contributed by atoms with Crippen LogP contribution < -0.4 is 5.73 Å². The summed E-state index contributed by atoms with van der Waals surface area (Å²) in [5.41, 5.74) is 7.10. The second kappa shape index (κ2) is 5.77. The molecule has 0 spiro atoms. The molecule has 1 aromatic carbocycles. The Morgan fingerprint density at radius 2 is 1.95 bits per heavy atom. The first-order valence-corrected chi connectivity index (χ1v) is 7.28. The number of halogens is 1. The quantitative estimate of drug-likeness (QED) is 0.926. The van der Waals surface area contributed by atoms with Gasteiger partial charge in [-0.3, -0.25) is 4.79 Å². The van der Waals surface area contributed by atoms with Gasteiger partial charge in [0.25, 0.3) is 5.91 Å². The number of benzene rings is 1. The fourth-order valence-electron chi connectivity index (χ4n) is 2.65. The molecule has 2 N–H and O–H groups in total. The van der Waals surface area contributed by atoms with Crippen LogP contribution in [-0.2, 0) is 0 Å². The molecule has 1 saturated heterocycles. The van der Waals surface area contributed by atoms with Crippen molar-refractivity contribution in [2.45, 2.75) is 18.8 Å². The number of anilines is 1. The van der Waals surface area contributed by atoms with Crippen LogP contribution in [0.1, 0.15) is 34.8 Å². The predicted molar refractivity (Wildman–Crippen MR) is 80.2 cm³/mol. The molecule has 0 radical (unpaired) electrons. The summed E-state index contributed by atoms with van der Waals surface area (Å²) in [4.78, 5) is 14.3. The average molecular weight is 306 g/mol. The van der Waals surface area contributed by atoms with E-state index in [0.29, 0.717) is 35.5 Å². The number of carbonyl (C=O) groups is 1. The number of hydrogen-bond acceptors (Lipinski definition) is 4. The minimum absolute atomic E-state index is 0.0461. The summed E-state index contributed by atoms with van der Waals surface area (Å²) < 4.78 is 4.91. The van der Waals surface area contributed by atoms with Crippen LogP contribution in [0.2, 0.25) is 5.02 Å². The molecule has 110 valence electrons. The highest BCUT2D eigenvalue weighted by Crippen LogP contribution is 2.28. The maximum absolute atomic E-state index is 12.4. The number of hydrogen-bond donors (Lipinski definition) is 1. The minimum Gasteiger partial charge on any atom is -0.368 e. The van der Waals surface area contributed by atoms with Gasteiger partial charge in [-0.15, -0.1) is 0 Å². The second-order valence-corrected chi connectivity index (χ2v) is 5.66. The highest BCUT2D eigenvalue weighted by atomic mass is 35.5. The van der Waals surface area contributed by atoms with Crippen LogP contribution in [0.25, 0.3) is 0 Å². The van der Waals surface area contributed by atoms with Crippen LogP contribution in [0.5, 0.6) is 0 Å². The molecule has 0 saturated carbocycles. The van der Waals surface area contributed by atoms with Crippen molar-refractivity contribution in [1.29, 1.82) is 0 Å². The molecule has 1 aliphatic heterocycles. The number of nitrogens with two attached hydrogens (primary N) is 1.